The van der Waals surface area contributed by atoms with Gasteiger partial charge in [0.2, 0.25) is 0 Å². The van der Waals surface area contributed by atoms with Crippen LogP contribution in [-0.2, 0) is 6.42 Å². The van der Waals surface area contributed by atoms with Crippen LogP contribution in [0.15, 0.2) is 54.7 Å². The Labute approximate surface area is 93.4 Å². The van der Waals surface area contributed by atoms with Gasteiger partial charge in [-0.3, -0.25) is 4.40 Å². The van der Waals surface area contributed by atoms with Gasteiger partial charge in [0.05, 0.1) is 0 Å². The third kappa shape index (κ3) is 1.56. The lowest BCUT2D eigenvalue weighted by atomic mass is 10.1. The van der Waals surface area contributed by atoms with Gasteiger partial charge in [-0.15, -0.1) is 10.2 Å². The third-order valence-corrected chi connectivity index (χ3v) is 2.59. The highest BCUT2D eigenvalue weighted by Gasteiger charge is 2.04. The minimum Gasteiger partial charge on any atom is -0.286 e. The Bertz CT molecular complexity index is 599. The number of pyridine rings is 1. The zero-order valence-corrected chi connectivity index (χ0v) is 8.74. The van der Waals surface area contributed by atoms with Crippen molar-refractivity contribution in [1.29, 1.82) is 0 Å². The first-order valence-electron chi connectivity index (χ1n) is 5.26. The summed E-state index contributed by atoms with van der Waals surface area (Å²) < 4.78 is 2.02. The van der Waals surface area contributed by atoms with Gasteiger partial charge in [-0.25, -0.2) is 0 Å². The number of rotatable bonds is 2. The Morgan fingerprint density at radius 2 is 1.69 bits per heavy atom. The minimum atomic E-state index is 0.812. The first kappa shape index (κ1) is 9.09. The van der Waals surface area contributed by atoms with E-state index in [1.807, 2.05) is 47.0 Å². The molecule has 0 fully saturated rings. The molecule has 78 valence electrons. The van der Waals surface area contributed by atoms with Crippen LogP contribution in [0.4, 0.5) is 0 Å². The van der Waals surface area contributed by atoms with Crippen LogP contribution in [0.25, 0.3) is 5.65 Å². The van der Waals surface area contributed by atoms with E-state index in [0.717, 1.165) is 17.9 Å². The Hall–Kier alpha value is -2.16. The van der Waals surface area contributed by atoms with Crippen molar-refractivity contribution >= 4 is 5.65 Å². The highest BCUT2D eigenvalue weighted by molar-refractivity contribution is 5.37. The van der Waals surface area contributed by atoms with Crippen LogP contribution < -0.4 is 0 Å². The molecular weight excluding hydrogens is 198 g/mol. The molecule has 0 aliphatic heterocycles. The molecule has 3 heteroatoms. The van der Waals surface area contributed by atoms with E-state index in [4.69, 9.17) is 0 Å². The summed E-state index contributed by atoms with van der Waals surface area (Å²) in [7, 11) is 0. The summed E-state index contributed by atoms with van der Waals surface area (Å²) >= 11 is 0. The van der Waals surface area contributed by atoms with Gasteiger partial charge in [0.25, 0.3) is 0 Å². The smallest absolute Gasteiger partial charge is 0.160 e. The average molecular weight is 209 g/mol. The monoisotopic (exact) mass is 209 g/mol. The largest absolute Gasteiger partial charge is 0.286 e. The molecule has 0 atom stereocenters. The van der Waals surface area contributed by atoms with Gasteiger partial charge in [0, 0.05) is 12.6 Å². The molecule has 0 N–H and O–H groups in total. The van der Waals surface area contributed by atoms with Crippen LogP contribution in [0, 0.1) is 0 Å². The predicted octanol–water partition coefficient (Wildman–Crippen LogP) is 2.32. The summed E-state index contributed by atoms with van der Waals surface area (Å²) in [6.07, 6.45) is 2.81. The minimum absolute atomic E-state index is 0.812. The molecule has 16 heavy (non-hydrogen) atoms. The predicted molar refractivity (Wildman–Crippen MR) is 62.2 cm³/mol. The first-order valence-corrected chi connectivity index (χ1v) is 5.26. The lowest BCUT2D eigenvalue weighted by Crippen LogP contribution is -1.95. The van der Waals surface area contributed by atoms with E-state index in [9.17, 15) is 0 Å². The number of hydrogen-bond donors (Lipinski definition) is 0. The van der Waals surface area contributed by atoms with Gasteiger partial charge >= 0.3 is 0 Å². The van der Waals surface area contributed by atoms with E-state index in [-0.39, 0.29) is 0 Å². The second kappa shape index (κ2) is 3.77. The van der Waals surface area contributed by atoms with E-state index in [0.29, 0.717) is 0 Å². The Morgan fingerprint density at radius 1 is 0.875 bits per heavy atom. The van der Waals surface area contributed by atoms with E-state index in [1.54, 1.807) is 0 Å². The number of aromatic nitrogens is 3. The van der Waals surface area contributed by atoms with Crippen LogP contribution in [-0.4, -0.2) is 14.6 Å². The first-order chi connectivity index (χ1) is 7.93. The Morgan fingerprint density at radius 3 is 2.56 bits per heavy atom. The average Bonchev–Trinajstić information content (AvgIpc) is 2.74. The van der Waals surface area contributed by atoms with Gasteiger partial charge in [-0.05, 0) is 17.7 Å². The quantitative estimate of drug-likeness (QED) is 0.648. The molecule has 0 aliphatic carbocycles. The van der Waals surface area contributed by atoms with Gasteiger partial charge in [-0.2, -0.15) is 0 Å². The molecular formula is C13H11N3. The zero-order chi connectivity index (χ0) is 10.8. The van der Waals surface area contributed by atoms with Crippen LogP contribution >= 0.6 is 0 Å². The molecule has 0 aliphatic rings. The van der Waals surface area contributed by atoms with E-state index >= 15 is 0 Å². The summed E-state index contributed by atoms with van der Waals surface area (Å²) in [5, 5.41) is 8.33. The summed E-state index contributed by atoms with van der Waals surface area (Å²) in [6, 6.07) is 16.2. The fraction of sp³-hybridized carbons (Fsp3) is 0.0769. The molecule has 0 bridgehead atoms. The molecule has 0 saturated heterocycles. The van der Waals surface area contributed by atoms with Crippen LogP contribution in [0.1, 0.15) is 11.4 Å². The van der Waals surface area contributed by atoms with Crippen LogP contribution in [0.3, 0.4) is 0 Å². The van der Waals surface area contributed by atoms with Gasteiger partial charge in [0.1, 0.15) is 5.82 Å². The van der Waals surface area contributed by atoms with Crippen molar-refractivity contribution in [2.45, 2.75) is 6.42 Å². The summed E-state index contributed by atoms with van der Waals surface area (Å²) in [5.41, 5.74) is 2.15. The summed E-state index contributed by atoms with van der Waals surface area (Å²) in [4.78, 5) is 0. The number of fused-ring (bicyclic) bond motifs is 1. The van der Waals surface area contributed by atoms with Crippen molar-refractivity contribution in [3.63, 3.8) is 0 Å². The van der Waals surface area contributed by atoms with Crippen molar-refractivity contribution in [1.82, 2.24) is 14.6 Å². The highest BCUT2D eigenvalue weighted by Crippen LogP contribution is 2.08. The van der Waals surface area contributed by atoms with Gasteiger partial charge in [0.15, 0.2) is 5.65 Å². The molecule has 3 nitrogen and oxygen atoms in total. The molecule has 0 saturated carbocycles. The van der Waals surface area contributed by atoms with Crippen molar-refractivity contribution < 1.29 is 0 Å². The molecule has 3 rings (SSSR count). The third-order valence-electron chi connectivity index (χ3n) is 2.59. The fourth-order valence-corrected chi connectivity index (χ4v) is 1.79. The van der Waals surface area contributed by atoms with Gasteiger partial charge < -0.3 is 0 Å². The number of hydrogen-bond acceptors (Lipinski definition) is 2. The second-order valence-corrected chi connectivity index (χ2v) is 3.71. The SMILES string of the molecule is c1ccc(Cc2nnc3ccccn23)cc1. The maximum absolute atomic E-state index is 4.20. The maximum atomic E-state index is 4.20. The Kier molecular flexibility index (Phi) is 2.14. The molecule has 2 heterocycles. The van der Waals surface area contributed by atoms with Crippen molar-refractivity contribution in [2.24, 2.45) is 0 Å². The zero-order valence-electron chi connectivity index (χ0n) is 8.74. The normalized spacial score (nSPS) is 10.8. The highest BCUT2D eigenvalue weighted by atomic mass is 15.2. The van der Waals surface area contributed by atoms with Gasteiger partial charge in [-0.1, -0.05) is 36.4 Å². The van der Waals surface area contributed by atoms with Crippen molar-refractivity contribution in [3.05, 3.63) is 66.1 Å². The van der Waals surface area contributed by atoms with E-state index in [2.05, 4.69) is 22.3 Å². The van der Waals surface area contributed by atoms with Crippen LogP contribution in [0.5, 0.6) is 0 Å². The molecule has 0 radical (unpaired) electrons. The summed E-state index contributed by atoms with van der Waals surface area (Å²) in [5.74, 6) is 0.974. The fourth-order valence-electron chi connectivity index (χ4n) is 1.79. The summed E-state index contributed by atoms with van der Waals surface area (Å²) in [6.45, 7) is 0. The molecule has 0 unspecified atom stereocenters. The number of nitrogens with zero attached hydrogens (tertiary/aromatic N) is 3. The second-order valence-electron chi connectivity index (χ2n) is 3.71. The molecule has 3 aromatic rings. The topological polar surface area (TPSA) is 30.2 Å². The molecule has 1 aromatic carbocycles. The Balaban J connectivity index is 2.01. The van der Waals surface area contributed by atoms with Crippen molar-refractivity contribution in [3.8, 4) is 0 Å². The molecule has 0 spiro atoms. The lowest BCUT2D eigenvalue weighted by molar-refractivity contribution is 0.934. The van der Waals surface area contributed by atoms with Crippen molar-refractivity contribution in [2.75, 3.05) is 0 Å². The van der Waals surface area contributed by atoms with E-state index in [1.165, 1.54) is 5.56 Å². The lowest BCUT2D eigenvalue weighted by Gasteiger charge is -1.99. The van der Waals surface area contributed by atoms with E-state index < -0.39 is 0 Å². The maximum Gasteiger partial charge on any atom is 0.160 e. The van der Waals surface area contributed by atoms with Crippen LogP contribution in [0.2, 0.25) is 0 Å². The molecule has 2 aromatic heterocycles. The molecule has 0 amide bonds. The number of benzene rings is 1. The standard InChI is InChI=1S/C13H11N3/c1-2-6-11(7-3-1)10-13-15-14-12-8-4-5-9-16(12)13/h1-9H,10H2.